The van der Waals surface area contributed by atoms with Crippen molar-refractivity contribution in [2.24, 2.45) is 0 Å². The summed E-state index contributed by atoms with van der Waals surface area (Å²) in [6.07, 6.45) is 3.14. The number of nitrogens with zero attached hydrogens (tertiary/aromatic N) is 3. The van der Waals surface area contributed by atoms with Crippen LogP contribution in [0.15, 0.2) is 42.1 Å². The SMILES string of the molecule is CCOC(=O)c1c(C)ccnc1-c1ccc(C=C(C#N)C#N)cc1. The molecule has 24 heavy (non-hydrogen) atoms. The molecule has 0 amide bonds. The van der Waals surface area contributed by atoms with Crippen LogP contribution in [0.1, 0.15) is 28.4 Å². The van der Waals surface area contributed by atoms with E-state index in [9.17, 15) is 4.79 Å². The maximum absolute atomic E-state index is 12.2. The average molecular weight is 317 g/mol. The molecule has 0 bridgehead atoms. The molecule has 0 spiro atoms. The summed E-state index contributed by atoms with van der Waals surface area (Å²) in [5.74, 6) is -0.404. The second kappa shape index (κ2) is 7.71. The quantitative estimate of drug-likeness (QED) is 0.634. The minimum atomic E-state index is -0.404. The first-order valence-corrected chi connectivity index (χ1v) is 7.35. The molecular weight excluding hydrogens is 302 g/mol. The van der Waals surface area contributed by atoms with Gasteiger partial charge in [-0.1, -0.05) is 24.3 Å². The highest BCUT2D eigenvalue weighted by Gasteiger charge is 2.17. The number of aryl methyl sites for hydroxylation is 1. The van der Waals surface area contributed by atoms with Crippen LogP contribution in [0, 0.1) is 29.6 Å². The van der Waals surface area contributed by atoms with E-state index in [4.69, 9.17) is 15.3 Å². The summed E-state index contributed by atoms with van der Waals surface area (Å²) in [6, 6.07) is 12.5. The molecule has 1 heterocycles. The Bertz CT molecular complexity index is 853. The van der Waals surface area contributed by atoms with Gasteiger partial charge >= 0.3 is 5.97 Å². The Morgan fingerprint density at radius 3 is 2.46 bits per heavy atom. The largest absolute Gasteiger partial charge is 0.462 e. The summed E-state index contributed by atoms with van der Waals surface area (Å²) in [5.41, 5.74) is 3.29. The summed E-state index contributed by atoms with van der Waals surface area (Å²) in [7, 11) is 0. The third-order valence-electron chi connectivity index (χ3n) is 3.37. The van der Waals surface area contributed by atoms with Crippen LogP contribution in [0.5, 0.6) is 0 Å². The summed E-state index contributed by atoms with van der Waals surface area (Å²) in [4.78, 5) is 16.5. The summed E-state index contributed by atoms with van der Waals surface area (Å²) >= 11 is 0. The molecule has 0 fully saturated rings. The number of rotatable bonds is 4. The van der Waals surface area contributed by atoms with Gasteiger partial charge in [0, 0.05) is 11.8 Å². The number of benzene rings is 1. The van der Waals surface area contributed by atoms with E-state index < -0.39 is 5.97 Å². The van der Waals surface area contributed by atoms with Crippen molar-refractivity contribution < 1.29 is 9.53 Å². The van der Waals surface area contributed by atoms with Crippen molar-refractivity contribution in [3.05, 3.63) is 58.8 Å². The van der Waals surface area contributed by atoms with Gasteiger partial charge in [0.2, 0.25) is 0 Å². The van der Waals surface area contributed by atoms with Crippen molar-refractivity contribution >= 4 is 12.0 Å². The van der Waals surface area contributed by atoms with Crippen molar-refractivity contribution in [1.29, 1.82) is 10.5 Å². The Balaban J connectivity index is 2.45. The summed E-state index contributed by atoms with van der Waals surface area (Å²) in [5, 5.41) is 17.6. The van der Waals surface area contributed by atoms with Crippen molar-refractivity contribution in [2.75, 3.05) is 6.61 Å². The Labute approximate surface area is 140 Å². The van der Waals surface area contributed by atoms with E-state index in [1.807, 2.05) is 19.1 Å². The first-order chi connectivity index (χ1) is 11.6. The van der Waals surface area contributed by atoms with Crippen molar-refractivity contribution in [3.63, 3.8) is 0 Å². The number of allylic oxidation sites excluding steroid dienone is 1. The number of esters is 1. The lowest BCUT2D eigenvalue weighted by Gasteiger charge is -2.11. The molecule has 0 saturated heterocycles. The zero-order valence-electron chi connectivity index (χ0n) is 13.4. The fraction of sp³-hybridized carbons (Fsp3) is 0.158. The first kappa shape index (κ1) is 16.9. The van der Waals surface area contributed by atoms with Crippen LogP contribution in [0.3, 0.4) is 0 Å². The van der Waals surface area contributed by atoms with Gasteiger partial charge in [-0.25, -0.2) is 4.79 Å². The number of hydrogen-bond donors (Lipinski definition) is 0. The monoisotopic (exact) mass is 317 g/mol. The number of nitriles is 2. The van der Waals surface area contributed by atoms with Crippen molar-refractivity contribution in [3.8, 4) is 23.4 Å². The lowest BCUT2D eigenvalue weighted by Crippen LogP contribution is -2.09. The fourth-order valence-electron chi connectivity index (χ4n) is 2.23. The van der Waals surface area contributed by atoms with E-state index in [0.717, 1.165) is 16.7 Å². The Kier molecular flexibility index (Phi) is 5.44. The normalized spacial score (nSPS) is 9.50. The van der Waals surface area contributed by atoms with Gasteiger partial charge in [-0.2, -0.15) is 10.5 Å². The number of hydrogen-bond acceptors (Lipinski definition) is 5. The number of carbonyl (C=O) groups excluding carboxylic acids is 1. The Morgan fingerprint density at radius 2 is 1.88 bits per heavy atom. The van der Waals surface area contributed by atoms with Crippen LogP contribution in [0.4, 0.5) is 0 Å². The summed E-state index contributed by atoms with van der Waals surface area (Å²) in [6.45, 7) is 3.88. The molecular formula is C19H15N3O2. The highest BCUT2D eigenvalue weighted by molar-refractivity contribution is 5.97. The zero-order chi connectivity index (χ0) is 17.5. The van der Waals surface area contributed by atoms with Gasteiger partial charge in [-0.3, -0.25) is 4.98 Å². The molecule has 0 aliphatic carbocycles. The molecule has 0 saturated carbocycles. The second-order valence-corrected chi connectivity index (χ2v) is 4.98. The second-order valence-electron chi connectivity index (χ2n) is 4.98. The van der Waals surface area contributed by atoms with Crippen LogP contribution >= 0.6 is 0 Å². The predicted molar refractivity (Wildman–Crippen MR) is 89.6 cm³/mol. The molecule has 0 aliphatic heterocycles. The highest BCUT2D eigenvalue weighted by Crippen LogP contribution is 2.25. The molecule has 0 unspecified atom stereocenters. The number of ether oxygens (including phenoxy) is 1. The van der Waals surface area contributed by atoms with E-state index in [2.05, 4.69) is 4.98 Å². The molecule has 2 aromatic rings. The van der Waals surface area contributed by atoms with Gasteiger partial charge in [0.05, 0.1) is 17.9 Å². The zero-order valence-corrected chi connectivity index (χ0v) is 13.4. The van der Waals surface area contributed by atoms with Gasteiger partial charge in [-0.15, -0.1) is 0 Å². The van der Waals surface area contributed by atoms with Gasteiger partial charge in [-0.05, 0) is 37.1 Å². The van der Waals surface area contributed by atoms with Gasteiger partial charge in [0.1, 0.15) is 17.7 Å². The topological polar surface area (TPSA) is 86.8 Å². The first-order valence-electron chi connectivity index (χ1n) is 7.35. The third-order valence-corrected chi connectivity index (χ3v) is 3.37. The minimum absolute atomic E-state index is 0.0312. The van der Waals surface area contributed by atoms with E-state index in [-0.39, 0.29) is 5.57 Å². The number of pyridine rings is 1. The molecule has 118 valence electrons. The predicted octanol–water partition coefficient (Wildman–Crippen LogP) is 3.66. The Hall–Kier alpha value is -3.44. The highest BCUT2D eigenvalue weighted by atomic mass is 16.5. The van der Waals surface area contributed by atoms with Crippen molar-refractivity contribution in [1.82, 2.24) is 4.98 Å². The van der Waals surface area contributed by atoms with Crippen molar-refractivity contribution in [2.45, 2.75) is 13.8 Å². The smallest absolute Gasteiger partial charge is 0.340 e. The van der Waals surface area contributed by atoms with Crippen LogP contribution < -0.4 is 0 Å². The molecule has 5 heteroatoms. The van der Waals surface area contributed by atoms with Crippen LogP contribution in [-0.4, -0.2) is 17.6 Å². The van der Waals surface area contributed by atoms with Gasteiger partial charge in [0.15, 0.2) is 0 Å². The molecule has 2 rings (SSSR count). The van der Waals surface area contributed by atoms with E-state index >= 15 is 0 Å². The van der Waals surface area contributed by atoms with Crippen LogP contribution in [0.2, 0.25) is 0 Å². The molecule has 0 atom stereocenters. The molecule has 5 nitrogen and oxygen atoms in total. The lowest BCUT2D eigenvalue weighted by atomic mass is 10.0. The standard InChI is InChI=1S/C19H15N3O2/c1-3-24-19(23)17-13(2)8-9-22-18(17)16-6-4-14(5-7-16)10-15(11-20)12-21/h4-10H,3H2,1-2H3. The van der Waals surface area contributed by atoms with Crippen LogP contribution in [0.25, 0.3) is 17.3 Å². The molecule has 0 aliphatic rings. The maximum Gasteiger partial charge on any atom is 0.340 e. The minimum Gasteiger partial charge on any atom is -0.462 e. The number of carbonyl (C=O) groups is 1. The molecule has 0 radical (unpaired) electrons. The Morgan fingerprint density at radius 1 is 1.21 bits per heavy atom. The summed E-state index contributed by atoms with van der Waals surface area (Å²) < 4.78 is 5.12. The fourth-order valence-corrected chi connectivity index (χ4v) is 2.23. The average Bonchev–Trinajstić information content (AvgIpc) is 2.60. The van der Waals surface area contributed by atoms with E-state index in [0.29, 0.717) is 17.9 Å². The van der Waals surface area contributed by atoms with Crippen LogP contribution in [-0.2, 0) is 4.74 Å². The van der Waals surface area contributed by atoms with E-state index in [1.54, 1.807) is 43.5 Å². The van der Waals surface area contributed by atoms with Gasteiger partial charge < -0.3 is 4.74 Å². The van der Waals surface area contributed by atoms with E-state index in [1.165, 1.54) is 6.08 Å². The maximum atomic E-state index is 12.2. The molecule has 0 N–H and O–H groups in total. The van der Waals surface area contributed by atoms with Gasteiger partial charge in [0.25, 0.3) is 0 Å². The molecule has 1 aromatic heterocycles. The number of aromatic nitrogens is 1. The molecule has 1 aromatic carbocycles. The lowest BCUT2D eigenvalue weighted by molar-refractivity contribution is 0.0526. The third kappa shape index (κ3) is 3.66.